The molecule has 0 bridgehead atoms. The van der Waals surface area contributed by atoms with E-state index in [2.05, 4.69) is 15.2 Å². The second-order valence-corrected chi connectivity index (χ2v) is 4.08. The third kappa shape index (κ3) is 3.85. The largest absolute Gasteiger partial charge is 0.452 e. The van der Waals surface area contributed by atoms with E-state index < -0.39 is 30.1 Å². The molecular weight excluding hydrogens is 286 g/mol. The Kier molecular flexibility index (Phi) is 4.27. The van der Waals surface area contributed by atoms with E-state index in [1.165, 1.54) is 6.07 Å². The van der Waals surface area contributed by atoms with Crippen molar-refractivity contribution in [2.75, 3.05) is 11.9 Å². The molecule has 21 heavy (non-hydrogen) atoms. The lowest BCUT2D eigenvalue weighted by Gasteiger charge is -2.04. The summed E-state index contributed by atoms with van der Waals surface area (Å²) in [5.41, 5.74) is -0.195. The molecule has 0 fully saturated rings. The molecule has 0 radical (unpaired) electrons. The summed E-state index contributed by atoms with van der Waals surface area (Å²) >= 11 is 0. The average molecular weight is 296 g/mol. The van der Waals surface area contributed by atoms with Crippen LogP contribution in [0.3, 0.4) is 0 Å². The molecule has 2 rings (SSSR count). The van der Waals surface area contributed by atoms with E-state index in [1.807, 2.05) is 0 Å². The Morgan fingerprint density at radius 3 is 2.67 bits per heavy atom. The van der Waals surface area contributed by atoms with Crippen LogP contribution in [-0.4, -0.2) is 23.6 Å². The highest BCUT2D eigenvalue weighted by atomic mass is 19.2. The smallest absolute Gasteiger partial charge is 0.338 e. The van der Waals surface area contributed by atoms with Crippen LogP contribution >= 0.6 is 0 Å². The van der Waals surface area contributed by atoms with Gasteiger partial charge in [-0.25, -0.2) is 13.6 Å². The number of ether oxygens (including phenoxy) is 1. The molecule has 2 aromatic rings. The van der Waals surface area contributed by atoms with Gasteiger partial charge in [0, 0.05) is 6.07 Å². The van der Waals surface area contributed by atoms with Gasteiger partial charge in [-0.2, -0.15) is 0 Å². The zero-order chi connectivity index (χ0) is 15.4. The molecule has 0 saturated heterocycles. The van der Waals surface area contributed by atoms with E-state index in [4.69, 9.17) is 4.52 Å². The number of nitrogens with zero attached hydrogens (tertiary/aromatic N) is 1. The topological polar surface area (TPSA) is 81.4 Å². The normalized spacial score (nSPS) is 10.2. The van der Waals surface area contributed by atoms with Crippen LogP contribution in [-0.2, 0) is 9.53 Å². The number of anilines is 1. The number of carbonyl (C=O) groups is 2. The molecule has 0 aliphatic rings. The number of halogens is 2. The van der Waals surface area contributed by atoms with Gasteiger partial charge in [-0.3, -0.25) is 4.79 Å². The van der Waals surface area contributed by atoms with Crippen LogP contribution in [0.2, 0.25) is 0 Å². The fraction of sp³-hybridized carbons (Fsp3) is 0.154. The third-order valence-corrected chi connectivity index (χ3v) is 2.39. The van der Waals surface area contributed by atoms with Crippen LogP contribution in [0.25, 0.3) is 0 Å². The van der Waals surface area contributed by atoms with Crippen LogP contribution in [0.5, 0.6) is 0 Å². The number of amides is 1. The first-order valence-corrected chi connectivity index (χ1v) is 5.81. The quantitative estimate of drug-likeness (QED) is 0.873. The minimum atomic E-state index is -1.17. The Labute approximate surface area is 117 Å². The van der Waals surface area contributed by atoms with Crippen molar-refractivity contribution in [1.82, 2.24) is 5.16 Å². The fourth-order valence-corrected chi connectivity index (χ4v) is 1.44. The van der Waals surface area contributed by atoms with Crippen molar-refractivity contribution in [2.24, 2.45) is 0 Å². The molecular formula is C13H10F2N2O4. The monoisotopic (exact) mass is 296 g/mol. The Morgan fingerprint density at radius 1 is 1.29 bits per heavy atom. The number of hydrogen-bond acceptors (Lipinski definition) is 5. The van der Waals surface area contributed by atoms with E-state index in [0.29, 0.717) is 11.8 Å². The Balaban J connectivity index is 1.88. The van der Waals surface area contributed by atoms with Crippen LogP contribution < -0.4 is 5.32 Å². The van der Waals surface area contributed by atoms with Gasteiger partial charge < -0.3 is 14.6 Å². The maximum absolute atomic E-state index is 12.9. The SMILES string of the molecule is Cc1cc(NC(=O)COC(=O)c2ccc(F)c(F)c2)no1. The highest BCUT2D eigenvalue weighted by Gasteiger charge is 2.13. The first kappa shape index (κ1) is 14.6. The summed E-state index contributed by atoms with van der Waals surface area (Å²) in [6.07, 6.45) is 0. The predicted octanol–water partition coefficient (Wildman–Crippen LogP) is 2.06. The molecule has 0 aliphatic carbocycles. The molecule has 1 amide bonds. The van der Waals surface area contributed by atoms with Gasteiger partial charge in [0.05, 0.1) is 5.56 Å². The molecule has 0 spiro atoms. The molecule has 1 aromatic heterocycles. The summed E-state index contributed by atoms with van der Waals surface area (Å²) in [6, 6.07) is 4.02. The molecule has 1 aromatic carbocycles. The number of rotatable bonds is 4. The van der Waals surface area contributed by atoms with Crippen molar-refractivity contribution in [3.05, 3.63) is 47.2 Å². The Hall–Kier alpha value is -2.77. The fourth-order valence-electron chi connectivity index (χ4n) is 1.44. The second kappa shape index (κ2) is 6.12. The lowest BCUT2D eigenvalue weighted by molar-refractivity contribution is -0.119. The molecule has 1 heterocycles. The lowest BCUT2D eigenvalue weighted by atomic mass is 10.2. The molecule has 0 unspecified atom stereocenters. The highest BCUT2D eigenvalue weighted by molar-refractivity contribution is 5.94. The minimum Gasteiger partial charge on any atom is -0.452 e. The zero-order valence-electron chi connectivity index (χ0n) is 10.9. The summed E-state index contributed by atoms with van der Waals surface area (Å²) in [5, 5.41) is 5.86. The van der Waals surface area contributed by atoms with Crippen LogP contribution in [0, 0.1) is 18.6 Å². The van der Waals surface area contributed by atoms with E-state index in [9.17, 15) is 18.4 Å². The van der Waals surface area contributed by atoms with Crippen molar-refractivity contribution in [3.8, 4) is 0 Å². The summed E-state index contributed by atoms with van der Waals surface area (Å²) in [6.45, 7) is 1.05. The molecule has 8 heteroatoms. The van der Waals surface area contributed by atoms with Gasteiger partial charge in [0.2, 0.25) is 0 Å². The number of aryl methyl sites for hydroxylation is 1. The summed E-state index contributed by atoms with van der Waals surface area (Å²) in [7, 11) is 0. The third-order valence-electron chi connectivity index (χ3n) is 2.39. The number of benzene rings is 1. The van der Waals surface area contributed by atoms with Crippen molar-refractivity contribution in [1.29, 1.82) is 0 Å². The van der Waals surface area contributed by atoms with Crippen molar-refractivity contribution in [3.63, 3.8) is 0 Å². The molecule has 0 aliphatic heterocycles. The highest BCUT2D eigenvalue weighted by Crippen LogP contribution is 2.10. The Bertz CT molecular complexity index is 685. The summed E-state index contributed by atoms with van der Waals surface area (Å²) in [4.78, 5) is 23.0. The first-order valence-electron chi connectivity index (χ1n) is 5.81. The molecule has 110 valence electrons. The van der Waals surface area contributed by atoms with Crippen LogP contribution in [0.15, 0.2) is 28.8 Å². The predicted molar refractivity (Wildman–Crippen MR) is 66.5 cm³/mol. The molecule has 0 atom stereocenters. The standard InChI is InChI=1S/C13H10F2N2O4/c1-7-4-11(17-21-7)16-12(18)6-20-13(19)8-2-3-9(14)10(15)5-8/h2-5H,6H2,1H3,(H,16,17,18). The summed E-state index contributed by atoms with van der Waals surface area (Å²) in [5.74, 6) is -3.15. The van der Waals surface area contributed by atoms with Crippen LogP contribution in [0.1, 0.15) is 16.1 Å². The first-order chi connectivity index (χ1) is 9.95. The average Bonchev–Trinajstić information content (AvgIpc) is 2.84. The number of nitrogens with one attached hydrogen (secondary N) is 1. The van der Waals surface area contributed by atoms with Gasteiger partial charge in [0.1, 0.15) is 5.76 Å². The van der Waals surface area contributed by atoms with Crippen molar-refractivity contribution < 1.29 is 27.6 Å². The lowest BCUT2D eigenvalue weighted by Crippen LogP contribution is -2.21. The van der Waals surface area contributed by atoms with Gasteiger partial charge in [-0.05, 0) is 25.1 Å². The number of aromatic nitrogens is 1. The molecule has 1 N–H and O–H groups in total. The van der Waals surface area contributed by atoms with Gasteiger partial charge in [-0.15, -0.1) is 0 Å². The van der Waals surface area contributed by atoms with Crippen molar-refractivity contribution in [2.45, 2.75) is 6.92 Å². The van der Waals surface area contributed by atoms with E-state index in [1.54, 1.807) is 6.92 Å². The maximum Gasteiger partial charge on any atom is 0.338 e. The van der Waals surface area contributed by atoms with Gasteiger partial charge in [-0.1, -0.05) is 5.16 Å². The zero-order valence-corrected chi connectivity index (χ0v) is 10.9. The van der Waals surface area contributed by atoms with E-state index in [0.717, 1.165) is 12.1 Å². The summed E-state index contributed by atoms with van der Waals surface area (Å²) < 4.78 is 35.1. The molecule has 0 saturated carbocycles. The van der Waals surface area contributed by atoms with Gasteiger partial charge >= 0.3 is 5.97 Å². The second-order valence-electron chi connectivity index (χ2n) is 4.08. The van der Waals surface area contributed by atoms with Crippen LogP contribution in [0.4, 0.5) is 14.6 Å². The van der Waals surface area contributed by atoms with E-state index >= 15 is 0 Å². The number of esters is 1. The number of carbonyl (C=O) groups excluding carboxylic acids is 2. The molecule has 6 nitrogen and oxygen atoms in total. The van der Waals surface area contributed by atoms with Gasteiger partial charge in [0.25, 0.3) is 5.91 Å². The minimum absolute atomic E-state index is 0.182. The van der Waals surface area contributed by atoms with E-state index in [-0.39, 0.29) is 11.4 Å². The maximum atomic E-state index is 12.9. The van der Waals surface area contributed by atoms with Crippen molar-refractivity contribution >= 4 is 17.7 Å². The number of hydrogen-bond donors (Lipinski definition) is 1. The van der Waals surface area contributed by atoms with Gasteiger partial charge in [0.15, 0.2) is 24.1 Å². The Morgan fingerprint density at radius 2 is 2.05 bits per heavy atom.